The number of carbonyl (C=O) groups is 1. The van der Waals surface area contributed by atoms with Crippen LogP contribution in [-0.2, 0) is 0 Å². The Kier molecular flexibility index (Phi) is 3.99. The summed E-state index contributed by atoms with van der Waals surface area (Å²) in [5.74, 6) is 0.296. The van der Waals surface area contributed by atoms with Gasteiger partial charge in [0.2, 0.25) is 0 Å². The molecule has 0 unspecified atom stereocenters. The van der Waals surface area contributed by atoms with Crippen LogP contribution in [0.1, 0.15) is 23.5 Å². The highest BCUT2D eigenvalue weighted by Gasteiger charge is 2.13. The zero-order chi connectivity index (χ0) is 12.4. The van der Waals surface area contributed by atoms with Crippen molar-refractivity contribution in [2.24, 2.45) is 5.92 Å². The second kappa shape index (κ2) is 5.31. The Balaban J connectivity index is 2.33. The Morgan fingerprint density at radius 2 is 2.00 bits per heavy atom. The molecule has 1 nitrogen and oxygen atoms in total. The van der Waals surface area contributed by atoms with Crippen molar-refractivity contribution in [2.45, 2.75) is 13.8 Å². The molecule has 0 aliphatic rings. The lowest BCUT2D eigenvalue weighted by atomic mass is 10.1. The molecule has 0 radical (unpaired) electrons. The largest absolute Gasteiger partial charge is 0.293 e. The molecular weight excluding hydrogens is 343 g/mol. The fourth-order valence-electron chi connectivity index (χ4n) is 1.55. The van der Waals surface area contributed by atoms with Crippen LogP contribution < -0.4 is 0 Å². The van der Waals surface area contributed by atoms with E-state index < -0.39 is 0 Å². The smallest absolute Gasteiger partial charge is 0.175 e. The van der Waals surface area contributed by atoms with Crippen LogP contribution in [0.3, 0.4) is 0 Å². The first-order valence-electron chi connectivity index (χ1n) is 5.48. The van der Waals surface area contributed by atoms with E-state index in [0.717, 1.165) is 9.75 Å². The number of thiophene rings is 1. The number of carbonyl (C=O) groups excluding carboxylic acids is 1. The maximum absolute atomic E-state index is 11.9. The number of hydrogen-bond acceptors (Lipinski definition) is 2. The molecule has 17 heavy (non-hydrogen) atoms. The zero-order valence-corrected chi connectivity index (χ0v) is 12.7. The van der Waals surface area contributed by atoms with E-state index in [-0.39, 0.29) is 11.7 Å². The van der Waals surface area contributed by atoms with Gasteiger partial charge in [0.05, 0.1) is 4.88 Å². The summed E-state index contributed by atoms with van der Waals surface area (Å²) in [6, 6.07) is 12.3. The molecule has 0 saturated carbocycles. The normalized spacial score (nSPS) is 10.8. The lowest BCUT2D eigenvalue weighted by Gasteiger charge is -2.00. The molecule has 0 fully saturated rings. The van der Waals surface area contributed by atoms with Gasteiger partial charge in [-0.3, -0.25) is 4.79 Å². The molecule has 0 atom stereocenters. The van der Waals surface area contributed by atoms with Crippen LogP contribution in [-0.4, -0.2) is 5.78 Å². The van der Waals surface area contributed by atoms with Crippen LogP contribution in [0.5, 0.6) is 0 Å². The standard InChI is InChI=1S/C14H13IOS/c1-9(2)14(16)13-7-6-12(17-13)10-4-3-5-11(15)8-10/h3-9H,1-2H3. The third kappa shape index (κ3) is 2.96. The minimum atomic E-state index is 0.0670. The fraction of sp³-hybridized carbons (Fsp3) is 0.214. The minimum absolute atomic E-state index is 0.0670. The molecule has 0 aliphatic carbocycles. The monoisotopic (exact) mass is 356 g/mol. The number of hydrogen-bond donors (Lipinski definition) is 0. The van der Waals surface area contributed by atoms with E-state index in [0.29, 0.717) is 0 Å². The van der Waals surface area contributed by atoms with Crippen molar-refractivity contribution in [3.63, 3.8) is 0 Å². The van der Waals surface area contributed by atoms with Crippen molar-refractivity contribution in [1.82, 2.24) is 0 Å². The van der Waals surface area contributed by atoms with E-state index in [1.165, 1.54) is 9.13 Å². The van der Waals surface area contributed by atoms with E-state index in [1.807, 2.05) is 32.0 Å². The molecule has 88 valence electrons. The lowest BCUT2D eigenvalue weighted by molar-refractivity contribution is 0.0943. The van der Waals surface area contributed by atoms with Crippen molar-refractivity contribution < 1.29 is 4.79 Å². The van der Waals surface area contributed by atoms with E-state index in [9.17, 15) is 4.79 Å². The van der Waals surface area contributed by atoms with Gasteiger partial charge in [-0.15, -0.1) is 11.3 Å². The minimum Gasteiger partial charge on any atom is -0.293 e. The van der Waals surface area contributed by atoms with Crippen LogP contribution in [0.2, 0.25) is 0 Å². The Hall–Kier alpha value is -0.680. The molecule has 0 spiro atoms. The second-order valence-electron chi connectivity index (χ2n) is 4.19. The number of ketones is 1. The summed E-state index contributed by atoms with van der Waals surface area (Å²) in [6.07, 6.45) is 0. The van der Waals surface area contributed by atoms with Gasteiger partial charge in [0.1, 0.15) is 0 Å². The van der Waals surface area contributed by atoms with Crippen molar-refractivity contribution in [3.05, 3.63) is 44.8 Å². The van der Waals surface area contributed by atoms with Gasteiger partial charge in [-0.05, 0) is 52.4 Å². The molecule has 1 aromatic carbocycles. The van der Waals surface area contributed by atoms with Gasteiger partial charge < -0.3 is 0 Å². The molecule has 2 aromatic rings. The third-order valence-electron chi connectivity index (χ3n) is 2.48. The molecule has 0 aliphatic heterocycles. The van der Waals surface area contributed by atoms with Crippen molar-refractivity contribution in [3.8, 4) is 10.4 Å². The summed E-state index contributed by atoms with van der Waals surface area (Å²) in [5, 5.41) is 0. The predicted molar refractivity (Wildman–Crippen MR) is 81.6 cm³/mol. The lowest BCUT2D eigenvalue weighted by Crippen LogP contribution is -2.04. The first-order chi connectivity index (χ1) is 8.08. The SMILES string of the molecule is CC(C)C(=O)c1ccc(-c2cccc(I)c2)s1. The molecule has 0 saturated heterocycles. The van der Waals surface area contributed by atoms with Gasteiger partial charge in [0.15, 0.2) is 5.78 Å². The van der Waals surface area contributed by atoms with Crippen molar-refractivity contribution in [1.29, 1.82) is 0 Å². The van der Waals surface area contributed by atoms with E-state index in [4.69, 9.17) is 0 Å². The Labute approximate surface area is 119 Å². The molecule has 0 bridgehead atoms. The molecule has 1 aromatic heterocycles. The Morgan fingerprint density at radius 1 is 1.24 bits per heavy atom. The van der Waals surface area contributed by atoms with Crippen LogP contribution >= 0.6 is 33.9 Å². The van der Waals surface area contributed by atoms with Gasteiger partial charge in [-0.1, -0.05) is 26.0 Å². The van der Waals surface area contributed by atoms with E-state index >= 15 is 0 Å². The summed E-state index contributed by atoms with van der Waals surface area (Å²) in [5.41, 5.74) is 1.18. The molecule has 2 rings (SSSR count). The van der Waals surface area contributed by atoms with E-state index in [1.54, 1.807) is 11.3 Å². The average Bonchev–Trinajstić information content (AvgIpc) is 2.77. The maximum Gasteiger partial charge on any atom is 0.175 e. The molecule has 0 N–H and O–H groups in total. The van der Waals surface area contributed by atoms with Crippen LogP contribution in [0.25, 0.3) is 10.4 Å². The Bertz CT molecular complexity index is 543. The first kappa shape index (κ1) is 12.8. The van der Waals surface area contributed by atoms with Gasteiger partial charge >= 0.3 is 0 Å². The van der Waals surface area contributed by atoms with Crippen molar-refractivity contribution in [2.75, 3.05) is 0 Å². The number of benzene rings is 1. The number of halogens is 1. The molecular formula is C14H13IOS. The highest BCUT2D eigenvalue weighted by Crippen LogP contribution is 2.30. The predicted octanol–water partition coefficient (Wildman–Crippen LogP) is 4.86. The highest BCUT2D eigenvalue weighted by atomic mass is 127. The molecule has 0 amide bonds. The van der Waals surface area contributed by atoms with E-state index in [2.05, 4.69) is 40.8 Å². The fourth-order valence-corrected chi connectivity index (χ4v) is 3.19. The third-order valence-corrected chi connectivity index (χ3v) is 4.30. The maximum atomic E-state index is 11.9. The van der Waals surface area contributed by atoms with Gasteiger partial charge in [-0.2, -0.15) is 0 Å². The summed E-state index contributed by atoms with van der Waals surface area (Å²) in [6.45, 7) is 3.88. The van der Waals surface area contributed by atoms with Crippen LogP contribution in [0.4, 0.5) is 0 Å². The summed E-state index contributed by atoms with van der Waals surface area (Å²) in [4.78, 5) is 13.9. The Morgan fingerprint density at radius 3 is 2.65 bits per heavy atom. The highest BCUT2D eigenvalue weighted by molar-refractivity contribution is 14.1. The van der Waals surface area contributed by atoms with Gasteiger partial charge in [0, 0.05) is 14.4 Å². The first-order valence-corrected chi connectivity index (χ1v) is 7.37. The molecule has 3 heteroatoms. The summed E-state index contributed by atoms with van der Waals surface area (Å²) >= 11 is 3.88. The number of rotatable bonds is 3. The molecule has 1 heterocycles. The zero-order valence-electron chi connectivity index (χ0n) is 9.74. The quantitative estimate of drug-likeness (QED) is 0.567. The summed E-state index contributed by atoms with van der Waals surface area (Å²) in [7, 11) is 0. The number of Topliss-reactive ketones (excluding diaryl/α,β-unsaturated/α-hetero) is 1. The second-order valence-corrected chi connectivity index (χ2v) is 6.52. The van der Waals surface area contributed by atoms with Crippen LogP contribution in [0, 0.1) is 9.49 Å². The van der Waals surface area contributed by atoms with Crippen LogP contribution in [0.15, 0.2) is 36.4 Å². The van der Waals surface area contributed by atoms with Gasteiger partial charge in [-0.25, -0.2) is 0 Å². The average molecular weight is 356 g/mol. The van der Waals surface area contributed by atoms with Gasteiger partial charge in [0.25, 0.3) is 0 Å². The van der Waals surface area contributed by atoms with Crippen molar-refractivity contribution >= 4 is 39.7 Å². The summed E-state index contributed by atoms with van der Waals surface area (Å²) < 4.78 is 1.21. The topological polar surface area (TPSA) is 17.1 Å².